The first-order valence-electron chi connectivity index (χ1n) is 10.3. The number of aromatic nitrogens is 4. The molecule has 1 amide bonds. The van der Waals surface area contributed by atoms with Gasteiger partial charge in [0.1, 0.15) is 5.82 Å². The molecular weight excluding hydrogens is 441 g/mol. The van der Waals surface area contributed by atoms with Crippen LogP contribution in [-0.4, -0.2) is 44.0 Å². The van der Waals surface area contributed by atoms with Gasteiger partial charge in [-0.25, -0.2) is 14.6 Å². The summed E-state index contributed by atoms with van der Waals surface area (Å²) >= 11 is 1.55. The van der Waals surface area contributed by atoms with Crippen molar-refractivity contribution in [2.75, 3.05) is 18.4 Å². The van der Waals surface area contributed by atoms with E-state index in [1.54, 1.807) is 22.6 Å². The number of nitrogens with one attached hydrogen (secondary N) is 2. The summed E-state index contributed by atoms with van der Waals surface area (Å²) in [5, 5.41) is 12.1. The highest BCUT2D eigenvalue weighted by Crippen LogP contribution is 2.29. The van der Waals surface area contributed by atoms with Gasteiger partial charge in [0.25, 0.3) is 5.91 Å². The number of halogens is 3. The minimum absolute atomic E-state index is 0.160. The van der Waals surface area contributed by atoms with Crippen molar-refractivity contribution in [3.8, 4) is 0 Å². The molecule has 2 aromatic heterocycles. The summed E-state index contributed by atoms with van der Waals surface area (Å²) in [5.74, 6) is 0.270. The summed E-state index contributed by atoms with van der Waals surface area (Å²) in [6.45, 7) is 7.55. The molecule has 0 saturated carbocycles. The number of nitrogens with zero attached hydrogens (tertiary/aromatic N) is 4. The lowest BCUT2D eigenvalue weighted by atomic mass is 10.1. The molecule has 0 bridgehead atoms. The first-order chi connectivity index (χ1) is 15.2. The predicted octanol–water partition coefficient (Wildman–Crippen LogP) is 4.60. The van der Waals surface area contributed by atoms with Crippen molar-refractivity contribution in [2.45, 2.75) is 50.3 Å². The summed E-state index contributed by atoms with van der Waals surface area (Å²) in [5.41, 5.74) is 0.0251. The van der Waals surface area contributed by atoms with E-state index in [9.17, 15) is 18.0 Å². The van der Waals surface area contributed by atoms with Crippen molar-refractivity contribution < 1.29 is 18.0 Å². The van der Waals surface area contributed by atoms with Gasteiger partial charge in [0.15, 0.2) is 10.8 Å². The fourth-order valence-corrected chi connectivity index (χ4v) is 3.63. The van der Waals surface area contributed by atoms with Crippen LogP contribution in [0.5, 0.6) is 0 Å². The molecule has 2 heterocycles. The van der Waals surface area contributed by atoms with Crippen LogP contribution >= 0.6 is 11.8 Å². The molecule has 0 aliphatic rings. The van der Waals surface area contributed by atoms with Crippen molar-refractivity contribution in [2.24, 2.45) is 0 Å². The number of fused-ring (bicyclic) bond motifs is 1. The molecule has 11 heteroatoms. The second kappa shape index (κ2) is 10.2. The van der Waals surface area contributed by atoms with Crippen molar-refractivity contribution in [1.82, 2.24) is 25.1 Å². The Labute approximate surface area is 188 Å². The van der Waals surface area contributed by atoms with Gasteiger partial charge >= 0.3 is 6.18 Å². The Morgan fingerprint density at radius 3 is 2.50 bits per heavy atom. The maximum Gasteiger partial charge on any atom is 0.416 e. The quantitative estimate of drug-likeness (QED) is 0.354. The Hall–Kier alpha value is -2.82. The topological polar surface area (TPSA) is 84.7 Å². The molecule has 0 aliphatic heterocycles. The van der Waals surface area contributed by atoms with Gasteiger partial charge in [0, 0.05) is 23.9 Å². The number of thioether (sulfide) groups is 1. The Kier molecular flexibility index (Phi) is 7.60. The summed E-state index contributed by atoms with van der Waals surface area (Å²) in [4.78, 5) is 21.5. The van der Waals surface area contributed by atoms with E-state index < -0.39 is 17.6 Å². The van der Waals surface area contributed by atoms with E-state index in [-0.39, 0.29) is 12.1 Å². The second-order valence-corrected chi connectivity index (χ2v) is 8.93. The number of rotatable bonds is 9. The fraction of sp³-hybridized carbons (Fsp3) is 0.429. The number of alkyl halides is 3. The van der Waals surface area contributed by atoms with Gasteiger partial charge in [-0.05, 0) is 30.7 Å². The number of amides is 1. The molecule has 1 aromatic carbocycles. The zero-order chi connectivity index (χ0) is 23.3. The summed E-state index contributed by atoms with van der Waals surface area (Å²) in [6.07, 6.45) is -1.80. The first-order valence-corrected chi connectivity index (χ1v) is 11.2. The molecule has 0 fully saturated rings. The molecule has 0 spiro atoms. The summed E-state index contributed by atoms with van der Waals surface area (Å²) in [7, 11) is 0. The molecule has 172 valence electrons. The average molecular weight is 467 g/mol. The summed E-state index contributed by atoms with van der Waals surface area (Å²) in [6, 6.07) is 4.11. The molecule has 3 rings (SSSR count). The SMILES string of the molecule is CCCNc1nc(SC(C)C)nc2c1cnn2CCNC(=O)c1ccc(C(F)(F)F)cc1. The van der Waals surface area contributed by atoms with E-state index in [1.807, 2.05) is 0 Å². The van der Waals surface area contributed by atoms with Crippen molar-refractivity contribution in [3.05, 3.63) is 41.6 Å². The number of hydrogen-bond donors (Lipinski definition) is 2. The lowest BCUT2D eigenvalue weighted by molar-refractivity contribution is -0.137. The normalized spacial score (nSPS) is 11.8. The van der Waals surface area contributed by atoms with Crippen LogP contribution in [0.4, 0.5) is 19.0 Å². The van der Waals surface area contributed by atoms with E-state index in [4.69, 9.17) is 0 Å². The van der Waals surface area contributed by atoms with Crippen LogP contribution in [-0.2, 0) is 12.7 Å². The van der Waals surface area contributed by atoms with Crippen LogP contribution in [0.3, 0.4) is 0 Å². The fourth-order valence-electron chi connectivity index (χ4n) is 2.93. The third-order valence-electron chi connectivity index (χ3n) is 4.44. The summed E-state index contributed by atoms with van der Waals surface area (Å²) < 4.78 is 39.7. The zero-order valence-electron chi connectivity index (χ0n) is 18.0. The second-order valence-electron chi connectivity index (χ2n) is 7.38. The van der Waals surface area contributed by atoms with Gasteiger partial charge in [-0.1, -0.05) is 32.5 Å². The van der Waals surface area contributed by atoms with Crippen molar-refractivity contribution in [1.29, 1.82) is 0 Å². The van der Waals surface area contributed by atoms with E-state index in [0.29, 0.717) is 22.6 Å². The maximum atomic E-state index is 12.7. The molecule has 3 aromatic rings. The maximum absolute atomic E-state index is 12.7. The van der Waals surface area contributed by atoms with Gasteiger partial charge in [-0.2, -0.15) is 18.3 Å². The average Bonchev–Trinajstić information content (AvgIpc) is 3.14. The van der Waals surface area contributed by atoms with E-state index >= 15 is 0 Å². The van der Waals surface area contributed by atoms with E-state index in [0.717, 1.165) is 48.4 Å². The highest BCUT2D eigenvalue weighted by atomic mass is 32.2. The van der Waals surface area contributed by atoms with Gasteiger partial charge < -0.3 is 10.6 Å². The van der Waals surface area contributed by atoms with Gasteiger partial charge in [-0.15, -0.1) is 0 Å². The van der Waals surface area contributed by atoms with Crippen LogP contribution < -0.4 is 10.6 Å². The molecule has 0 radical (unpaired) electrons. The van der Waals surface area contributed by atoms with Crippen LogP contribution in [0.1, 0.15) is 43.1 Å². The molecular formula is C21H25F3N6OS. The third-order valence-corrected chi connectivity index (χ3v) is 5.31. The number of carbonyl (C=O) groups is 1. The zero-order valence-corrected chi connectivity index (χ0v) is 18.8. The lowest BCUT2D eigenvalue weighted by Crippen LogP contribution is -2.27. The molecule has 32 heavy (non-hydrogen) atoms. The van der Waals surface area contributed by atoms with Gasteiger partial charge in [0.2, 0.25) is 0 Å². The molecule has 7 nitrogen and oxygen atoms in total. The lowest BCUT2D eigenvalue weighted by Gasteiger charge is -2.11. The molecule has 0 atom stereocenters. The van der Waals surface area contributed by atoms with E-state index in [2.05, 4.69) is 46.5 Å². The molecule has 0 unspecified atom stereocenters. The van der Waals surface area contributed by atoms with E-state index in [1.165, 1.54) is 0 Å². The van der Waals surface area contributed by atoms with Crippen molar-refractivity contribution >= 4 is 34.5 Å². The third kappa shape index (κ3) is 5.90. The Balaban J connectivity index is 1.71. The first kappa shape index (κ1) is 23.8. The predicted molar refractivity (Wildman–Crippen MR) is 119 cm³/mol. The van der Waals surface area contributed by atoms with Crippen molar-refractivity contribution in [3.63, 3.8) is 0 Å². The Morgan fingerprint density at radius 2 is 1.88 bits per heavy atom. The number of anilines is 1. The highest BCUT2D eigenvalue weighted by Gasteiger charge is 2.30. The minimum atomic E-state index is -4.43. The van der Waals surface area contributed by atoms with Crippen LogP contribution in [0.25, 0.3) is 11.0 Å². The molecule has 0 aliphatic carbocycles. The monoisotopic (exact) mass is 466 g/mol. The Morgan fingerprint density at radius 1 is 1.16 bits per heavy atom. The Bertz CT molecular complexity index is 1070. The largest absolute Gasteiger partial charge is 0.416 e. The van der Waals surface area contributed by atoms with Crippen LogP contribution in [0.15, 0.2) is 35.6 Å². The van der Waals surface area contributed by atoms with Gasteiger partial charge in [-0.3, -0.25) is 4.79 Å². The minimum Gasteiger partial charge on any atom is -0.369 e. The standard InChI is InChI=1S/C21H25F3N6OS/c1-4-9-25-17-16-12-27-30(18(16)29-20(28-17)32-13(2)3)11-10-26-19(31)14-5-7-15(8-6-14)21(22,23)24/h5-8,12-13H,4,9-11H2,1-3H3,(H,26,31)(H,25,28,29). The number of benzene rings is 1. The van der Waals surface area contributed by atoms with Gasteiger partial charge in [0.05, 0.1) is 23.7 Å². The molecule has 0 saturated heterocycles. The number of carbonyl (C=O) groups excluding carboxylic acids is 1. The van der Waals surface area contributed by atoms with Crippen LogP contribution in [0, 0.1) is 0 Å². The smallest absolute Gasteiger partial charge is 0.369 e. The van der Waals surface area contributed by atoms with Crippen LogP contribution in [0.2, 0.25) is 0 Å². The molecule has 2 N–H and O–H groups in total. The number of hydrogen-bond acceptors (Lipinski definition) is 6. The highest BCUT2D eigenvalue weighted by molar-refractivity contribution is 7.99.